The second kappa shape index (κ2) is 4.11. The van der Waals surface area contributed by atoms with E-state index in [1.807, 2.05) is 0 Å². The molecule has 1 saturated carbocycles. The topological polar surface area (TPSA) is 0 Å². The molecule has 1 aliphatic carbocycles. The zero-order valence-electron chi connectivity index (χ0n) is 8.77. The lowest BCUT2D eigenvalue weighted by Gasteiger charge is -2.31. The molecule has 0 N–H and O–H groups in total. The van der Waals surface area contributed by atoms with Gasteiger partial charge in [-0.1, -0.05) is 38.8 Å². The maximum absolute atomic E-state index is 4.07. The van der Waals surface area contributed by atoms with Gasteiger partial charge in [-0.15, -0.1) is 0 Å². The van der Waals surface area contributed by atoms with Crippen LogP contribution in [0.15, 0.2) is 12.2 Å². The Labute approximate surface area is 77.1 Å². The zero-order chi connectivity index (χ0) is 9.14. The van der Waals surface area contributed by atoms with Crippen LogP contribution in [0, 0.1) is 17.8 Å². The molecule has 12 heavy (non-hydrogen) atoms. The van der Waals surface area contributed by atoms with Crippen molar-refractivity contribution in [3.05, 3.63) is 12.2 Å². The Morgan fingerprint density at radius 3 is 2.50 bits per heavy atom. The number of rotatable bonds is 2. The summed E-state index contributed by atoms with van der Waals surface area (Å²) in [6.07, 6.45) is 5.65. The Balaban J connectivity index is 2.46. The average Bonchev–Trinajstić information content (AvgIpc) is 2.04. The van der Waals surface area contributed by atoms with Gasteiger partial charge in [0.1, 0.15) is 0 Å². The summed E-state index contributed by atoms with van der Waals surface area (Å²) in [5.41, 5.74) is 1.40. The van der Waals surface area contributed by atoms with Crippen LogP contribution in [0.1, 0.15) is 46.5 Å². The van der Waals surface area contributed by atoms with Crippen LogP contribution < -0.4 is 0 Å². The van der Waals surface area contributed by atoms with E-state index in [4.69, 9.17) is 0 Å². The van der Waals surface area contributed by atoms with Gasteiger partial charge < -0.3 is 0 Å². The highest BCUT2D eigenvalue weighted by molar-refractivity contribution is 4.98. The first kappa shape index (κ1) is 9.83. The number of hydrogen-bond donors (Lipinski definition) is 0. The molecule has 0 aromatic heterocycles. The number of allylic oxidation sites excluding steroid dienone is 1. The van der Waals surface area contributed by atoms with Gasteiger partial charge >= 0.3 is 0 Å². The van der Waals surface area contributed by atoms with Crippen LogP contribution in [0.2, 0.25) is 0 Å². The van der Waals surface area contributed by atoms with Crippen LogP contribution in [0.25, 0.3) is 0 Å². The van der Waals surface area contributed by atoms with Crippen molar-refractivity contribution < 1.29 is 0 Å². The minimum absolute atomic E-state index is 0.825. The molecule has 0 saturated heterocycles. The first-order valence-corrected chi connectivity index (χ1v) is 5.26. The van der Waals surface area contributed by atoms with Gasteiger partial charge in [-0.25, -0.2) is 0 Å². The molecule has 2 unspecified atom stereocenters. The van der Waals surface area contributed by atoms with Gasteiger partial charge in [0, 0.05) is 0 Å². The lowest BCUT2D eigenvalue weighted by atomic mass is 9.74. The predicted molar refractivity (Wildman–Crippen MR) is 55.1 cm³/mol. The largest absolute Gasteiger partial charge is 0.0999 e. The quantitative estimate of drug-likeness (QED) is 0.543. The Hall–Kier alpha value is -0.260. The average molecular weight is 166 g/mol. The number of hydrogen-bond acceptors (Lipinski definition) is 0. The third-order valence-corrected chi connectivity index (χ3v) is 3.35. The maximum Gasteiger partial charge on any atom is -0.0206 e. The molecule has 1 rings (SSSR count). The standard InChI is InChI=1S/C12H22/c1-9(2)11-6-5-7-12(8-11)10(3)4/h10-12H,1,5-8H2,2-4H3. The van der Waals surface area contributed by atoms with Gasteiger partial charge in [-0.2, -0.15) is 0 Å². The van der Waals surface area contributed by atoms with Crippen molar-refractivity contribution in [3.8, 4) is 0 Å². The summed E-state index contributed by atoms with van der Waals surface area (Å²) in [6, 6.07) is 0. The maximum atomic E-state index is 4.07. The van der Waals surface area contributed by atoms with Crippen LogP contribution >= 0.6 is 0 Å². The molecular weight excluding hydrogens is 144 g/mol. The van der Waals surface area contributed by atoms with Crippen molar-refractivity contribution in [2.24, 2.45) is 17.8 Å². The summed E-state index contributed by atoms with van der Waals surface area (Å²) in [7, 11) is 0. The fourth-order valence-corrected chi connectivity index (χ4v) is 2.28. The van der Waals surface area contributed by atoms with E-state index in [0.29, 0.717) is 0 Å². The second-order valence-electron chi connectivity index (χ2n) is 4.71. The molecule has 1 aliphatic rings. The monoisotopic (exact) mass is 166 g/mol. The lowest BCUT2D eigenvalue weighted by molar-refractivity contribution is 0.235. The van der Waals surface area contributed by atoms with E-state index >= 15 is 0 Å². The molecule has 0 nitrogen and oxygen atoms in total. The Bertz CT molecular complexity index is 155. The summed E-state index contributed by atoms with van der Waals surface area (Å²) in [5, 5.41) is 0. The second-order valence-corrected chi connectivity index (χ2v) is 4.71. The minimum Gasteiger partial charge on any atom is -0.0999 e. The van der Waals surface area contributed by atoms with Crippen molar-refractivity contribution in [1.29, 1.82) is 0 Å². The molecule has 0 aliphatic heterocycles. The van der Waals surface area contributed by atoms with E-state index in [0.717, 1.165) is 17.8 Å². The van der Waals surface area contributed by atoms with Crippen LogP contribution in [0.3, 0.4) is 0 Å². The lowest BCUT2D eigenvalue weighted by Crippen LogP contribution is -2.20. The Morgan fingerprint density at radius 2 is 2.00 bits per heavy atom. The van der Waals surface area contributed by atoms with Crippen LogP contribution in [0.4, 0.5) is 0 Å². The van der Waals surface area contributed by atoms with Gasteiger partial charge in [0.25, 0.3) is 0 Å². The molecule has 0 heteroatoms. The van der Waals surface area contributed by atoms with Gasteiger partial charge in [0.05, 0.1) is 0 Å². The molecule has 0 spiro atoms. The first-order chi connectivity index (χ1) is 5.61. The third-order valence-electron chi connectivity index (χ3n) is 3.35. The zero-order valence-corrected chi connectivity index (χ0v) is 8.77. The minimum atomic E-state index is 0.825. The Kier molecular flexibility index (Phi) is 3.37. The summed E-state index contributed by atoms with van der Waals surface area (Å²) in [4.78, 5) is 0. The molecule has 0 amide bonds. The normalized spacial score (nSPS) is 30.7. The highest BCUT2D eigenvalue weighted by atomic mass is 14.3. The van der Waals surface area contributed by atoms with Gasteiger partial charge in [0.15, 0.2) is 0 Å². The molecule has 2 atom stereocenters. The fraction of sp³-hybridized carbons (Fsp3) is 0.833. The van der Waals surface area contributed by atoms with E-state index < -0.39 is 0 Å². The first-order valence-electron chi connectivity index (χ1n) is 5.26. The summed E-state index contributed by atoms with van der Waals surface area (Å²) < 4.78 is 0. The molecule has 0 aromatic carbocycles. The molecule has 0 heterocycles. The van der Waals surface area contributed by atoms with E-state index in [1.54, 1.807) is 0 Å². The fourth-order valence-electron chi connectivity index (χ4n) is 2.28. The van der Waals surface area contributed by atoms with Gasteiger partial charge in [0.2, 0.25) is 0 Å². The van der Waals surface area contributed by atoms with Crippen molar-refractivity contribution >= 4 is 0 Å². The molecular formula is C12H22. The van der Waals surface area contributed by atoms with Crippen LogP contribution in [-0.2, 0) is 0 Å². The molecule has 70 valence electrons. The summed E-state index contributed by atoms with van der Waals surface area (Å²) >= 11 is 0. The summed E-state index contributed by atoms with van der Waals surface area (Å²) in [5.74, 6) is 2.65. The van der Waals surface area contributed by atoms with E-state index in [9.17, 15) is 0 Å². The SMILES string of the molecule is C=C(C)C1CCCC(C(C)C)C1. The van der Waals surface area contributed by atoms with E-state index in [2.05, 4.69) is 27.4 Å². The van der Waals surface area contributed by atoms with Gasteiger partial charge in [-0.05, 0) is 37.5 Å². The van der Waals surface area contributed by atoms with Gasteiger partial charge in [-0.3, -0.25) is 0 Å². The smallest absolute Gasteiger partial charge is 0.0206 e. The predicted octanol–water partition coefficient (Wildman–Crippen LogP) is 4.02. The molecule has 0 radical (unpaired) electrons. The molecule has 1 fully saturated rings. The van der Waals surface area contributed by atoms with Crippen molar-refractivity contribution in [3.63, 3.8) is 0 Å². The molecule has 0 bridgehead atoms. The van der Waals surface area contributed by atoms with Crippen LogP contribution in [0.5, 0.6) is 0 Å². The van der Waals surface area contributed by atoms with Crippen molar-refractivity contribution in [1.82, 2.24) is 0 Å². The van der Waals surface area contributed by atoms with Crippen molar-refractivity contribution in [2.75, 3.05) is 0 Å². The van der Waals surface area contributed by atoms with E-state index in [-0.39, 0.29) is 0 Å². The Morgan fingerprint density at radius 1 is 1.33 bits per heavy atom. The van der Waals surface area contributed by atoms with E-state index in [1.165, 1.54) is 31.3 Å². The summed E-state index contributed by atoms with van der Waals surface area (Å²) in [6.45, 7) is 11.0. The molecule has 0 aromatic rings. The highest BCUT2D eigenvalue weighted by Crippen LogP contribution is 2.36. The highest BCUT2D eigenvalue weighted by Gasteiger charge is 2.23. The van der Waals surface area contributed by atoms with Crippen molar-refractivity contribution in [2.45, 2.75) is 46.5 Å². The van der Waals surface area contributed by atoms with Crippen LogP contribution in [-0.4, -0.2) is 0 Å². The third kappa shape index (κ3) is 2.36.